The van der Waals surface area contributed by atoms with Gasteiger partial charge in [0.25, 0.3) is 5.91 Å². The lowest BCUT2D eigenvalue weighted by molar-refractivity contribution is 0.0595. The zero-order valence-electron chi connectivity index (χ0n) is 10.6. The number of rotatable bonds is 2. The quantitative estimate of drug-likeness (QED) is 0.906. The van der Waals surface area contributed by atoms with E-state index in [4.69, 9.17) is 0 Å². The highest BCUT2D eigenvalue weighted by Crippen LogP contribution is 2.22. The van der Waals surface area contributed by atoms with Gasteiger partial charge in [-0.2, -0.15) is 0 Å². The summed E-state index contributed by atoms with van der Waals surface area (Å²) in [5.74, 6) is -0.855. The first kappa shape index (κ1) is 14.5. The van der Waals surface area contributed by atoms with Gasteiger partial charge in [0.05, 0.1) is 18.2 Å². The van der Waals surface area contributed by atoms with Crippen molar-refractivity contribution in [1.82, 2.24) is 4.90 Å². The summed E-state index contributed by atoms with van der Waals surface area (Å²) >= 11 is 3.17. The fourth-order valence-electron chi connectivity index (χ4n) is 2.45. The number of halogens is 2. The first-order valence-electron chi connectivity index (χ1n) is 6.50. The molecule has 1 aromatic rings. The van der Waals surface area contributed by atoms with E-state index in [1.165, 1.54) is 12.1 Å². The molecule has 0 spiro atoms. The van der Waals surface area contributed by atoms with Gasteiger partial charge < -0.3 is 10.0 Å². The first-order chi connectivity index (χ1) is 9.13. The second-order valence-electron chi connectivity index (χ2n) is 4.81. The van der Waals surface area contributed by atoms with Crippen molar-refractivity contribution in [3.8, 4) is 0 Å². The minimum Gasteiger partial charge on any atom is -0.394 e. The summed E-state index contributed by atoms with van der Waals surface area (Å²) in [5, 5.41) is 9.40. The Morgan fingerprint density at radius 3 is 2.89 bits per heavy atom. The average Bonchev–Trinajstić information content (AvgIpc) is 2.63. The maximum absolute atomic E-state index is 13.8. The van der Waals surface area contributed by atoms with E-state index < -0.39 is 5.82 Å². The van der Waals surface area contributed by atoms with Crippen LogP contribution in [0.15, 0.2) is 22.7 Å². The van der Waals surface area contributed by atoms with Gasteiger partial charge >= 0.3 is 0 Å². The summed E-state index contributed by atoms with van der Waals surface area (Å²) < 4.78 is 14.5. The number of aliphatic hydroxyl groups is 1. The largest absolute Gasteiger partial charge is 0.394 e. The molecule has 1 atom stereocenters. The van der Waals surface area contributed by atoms with Gasteiger partial charge in [-0.1, -0.05) is 28.8 Å². The molecule has 2 rings (SSSR count). The molecule has 104 valence electrons. The zero-order chi connectivity index (χ0) is 13.8. The lowest BCUT2D eigenvalue weighted by Crippen LogP contribution is -2.42. The molecule has 1 saturated heterocycles. The van der Waals surface area contributed by atoms with Crippen molar-refractivity contribution in [1.29, 1.82) is 0 Å². The van der Waals surface area contributed by atoms with Crippen LogP contribution in [-0.2, 0) is 0 Å². The van der Waals surface area contributed by atoms with E-state index >= 15 is 0 Å². The predicted molar refractivity (Wildman–Crippen MR) is 74.5 cm³/mol. The van der Waals surface area contributed by atoms with E-state index in [1.807, 2.05) is 0 Å². The van der Waals surface area contributed by atoms with Gasteiger partial charge in [0.15, 0.2) is 0 Å². The van der Waals surface area contributed by atoms with Crippen molar-refractivity contribution in [2.24, 2.45) is 0 Å². The highest BCUT2D eigenvalue weighted by atomic mass is 79.9. The third kappa shape index (κ3) is 3.34. The van der Waals surface area contributed by atoms with Crippen LogP contribution >= 0.6 is 15.9 Å². The van der Waals surface area contributed by atoms with Crippen LogP contribution in [0.1, 0.15) is 36.0 Å². The van der Waals surface area contributed by atoms with E-state index in [2.05, 4.69) is 15.9 Å². The average molecular weight is 330 g/mol. The van der Waals surface area contributed by atoms with Crippen molar-refractivity contribution in [2.75, 3.05) is 13.2 Å². The van der Waals surface area contributed by atoms with Gasteiger partial charge in [0.1, 0.15) is 5.82 Å². The number of likely N-dealkylation sites (tertiary alicyclic amines) is 1. The van der Waals surface area contributed by atoms with Crippen molar-refractivity contribution in [3.63, 3.8) is 0 Å². The van der Waals surface area contributed by atoms with Crippen LogP contribution in [0.5, 0.6) is 0 Å². The highest BCUT2D eigenvalue weighted by Gasteiger charge is 2.27. The Bertz CT molecular complexity index is 467. The first-order valence-corrected chi connectivity index (χ1v) is 7.29. The Morgan fingerprint density at radius 1 is 1.42 bits per heavy atom. The lowest BCUT2D eigenvalue weighted by atomic mass is 10.1. The SMILES string of the molecule is O=C(c1ccc(Br)cc1F)N1CCCCCC1CO. The van der Waals surface area contributed by atoms with Crippen LogP contribution in [0.3, 0.4) is 0 Å². The number of nitrogens with zero attached hydrogens (tertiary/aromatic N) is 1. The fourth-order valence-corrected chi connectivity index (χ4v) is 2.79. The summed E-state index contributed by atoms with van der Waals surface area (Å²) in [6.45, 7) is 0.517. The van der Waals surface area contributed by atoms with Crippen LogP contribution in [0.25, 0.3) is 0 Å². The van der Waals surface area contributed by atoms with Gasteiger partial charge in [0.2, 0.25) is 0 Å². The fraction of sp³-hybridized carbons (Fsp3) is 0.500. The third-order valence-corrected chi connectivity index (χ3v) is 4.00. The molecule has 0 aromatic heterocycles. The van der Waals surface area contributed by atoms with Crippen molar-refractivity contribution >= 4 is 21.8 Å². The van der Waals surface area contributed by atoms with E-state index in [1.54, 1.807) is 11.0 Å². The number of carbonyl (C=O) groups is 1. The summed E-state index contributed by atoms with van der Waals surface area (Å²) in [4.78, 5) is 14.0. The Labute approximate surface area is 120 Å². The highest BCUT2D eigenvalue weighted by molar-refractivity contribution is 9.10. The molecule has 1 heterocycles. The summed E-state index contributed by atoms with van der Waals surface area (Å²) in [5.41, 5.74) is 0.0727. The Morgan fingerprint density at radius 2 is 2.21 bits per heavy atom. The zero-order valence-corrected chi connectivity index (χ0v) is 12.2. The Balaban J connectivity index is 2.25. The van der Waals surface area contributed by atoms with Gasteiger partial charge in [-0.25, -0.2) is 4.39 Å². The van der Waals surface area contributed by atoms with Gasteiger partial charge in [-0.3, -0.25) is 4.79 Å². The topological polar surface area (TPSA) is 40.5 Å². The van der Waals surface area contributed by atoms with Gasteiger partial charge in [-0.15, -0.1) is 0 Å². The second-order valence-corrected chi connectivity index (χ2v) is 5.72. The molecule has 1 unspecified atom stereocenters. The Hall–Kier alpha value is -0.940. The standard InChI is InChI=1S/C14H17BrFNO2/c15-10-5-6-12(13(16)8-10)14(19)17-7-3-1-2-4-11(17)9-18/h5-6,8,11,18H,1-4,7,9H2. The number of hydrogen-bond acceptors (Lipinski definition) is 2. The molecule has 0 radical (unpaired) electrons. The number of amides is 1. The maximum Gasteiger partial charge on any atom is 0.257 e. The van der Waals surface area contributed by atoms with Crippen molar-refractivity contribution < 1.29 is 14.3 Å². The Kier molecular flexibility index (Phi) is 4.93. The van der Waals surface area contributed by atoms with Crippen LogP contribution in [-0.4, -0.2) is 35.1 Å². The molecule has 1 aliphatic heterocycles. The number of aliphatic hydroxyl groups excluding tert-OH is 1. The van der Waals surface area contributed by atoms with Gasteiger partial charge in [-0.05, 0) is 31.0 Å². The van der Waals surface area contributed by atoms with E-state index in [0.29, 0.717) is 11.0 Å². The smallest absolute Gasteiger partial charge is 0.257 e. The normalized spacial score (nSPS) is 20.2. The summed E-state index contributed by atoms with van der Waals surface area (Å²) in [6, 6.07) is 4.24. The number of hydrogen-bond donors (Lipinski definition) is 1. The van der Waals surface area contributed by atoms with Crippen LogP contribution < -0.4 is 0 Å². The van der Waals surface area contributed by atoms with Crippen LogP contribution in [0.2, 0.25) is 0 Å². The number of carbonyl (C=O) groups excluding carboxylic acids is 1. The maximum atomic E-state index is 13.8. The summed E-state index contributed by atoms with van der Waals surface area (Å²) in [7, 11) is 0. The molecule has 1 aliphatic rings. The summed E-state index contributed by atoms with van der Waals surface area (Å²) in [6.07, 6.45) is 3.72. The predicted octanol–water partition coefficient (Wildman–Crippen LogP) is 2.97. The molecule has 1 N–H and O–H groups in total. The van der Waals surface area contributed by atoms with E-state index in [9.17, 15) is 14.3 Å². The molecular formula is C14H17BrFNO2. The molecular weight excluding hydrogens is 313 g/mol. The van der Waals surface area contributed by atoms with Crippen molar-refractivity contribution in [3.05, 3.63) is 34.1 Å². The van der Waals surface area contributed by atoms with E-state index in [0.717, 1.165) is 25.7 Å². The monoisotopic (exact) mass is 329 g/mol. The van der Waals surface area contributed by atoms with Crippen molar-refractivity contribution in [2.45, 2.75) is 31.7 Å². The minimum absolute atomic E-state index is 0.0656. The van der Waals surface area contributed by atoms with Crippen LogP contribution in [0, 0.1) is 5.82 Å². The third-order valence-electron chi connectivity index (χ3n) is 3.51. The molecule has 0 bridgehead atoms. The molecule has 0 aliphatic carbocycles. The molecule has 1 amide bonds. The molecule has 3 nitrogen and oxygen atoms in total. The van der Waals surface area contributed by atoms with Gasteiger partial charge in [0, 0.05) is 11.0 Å². The molecule has 0 saturated carbocycles. The molecule has 1 aromatic carbocycles. The van der Waals surface area contributed by atoms with E-state index in [-0.39, 0.29) is 24.1 Å². The minimum atomic E-state index is -0.527. The lowest BCUT2D eigenvalue weighted by Gasteiger charge is -2.28. The van der Waals surface area contributed by atoms with Crippen LogP contribution in [0.4, 0.5) is 4.39 Å². The number of benzene rings is 1. The molecule has 1 fully saturated rings. The molecule has 19 heavy (non-hydrogen) atoms. The molecule has 5 heteroatoms. The second kappa shape index (κ2) is 6.48.